The number of benzene rings is 1. The van der Waals surface area contributed by atoms with E-state index in [1.807, 2.05) is 28.9 Å². The van der Waals surface area contributed by atoms with Crippen molar-refractivity contribution < 1.29 is 24.1 Å². The number of rotatable bonds is 13. The second-order valence-electron chi connectivity index (χ2n) is 8.32. The molecule has 10 heteroatoms. The molecule has 180 valence electrons. The molecule has 0 saturated carbocycles. The lowest BCUT2D eigenvalue weighted by molar-refractivity contribution is 0.00361. The summed E-state index contributed by atoms with van der Waals surface area (Å²) in [4.78, 5) is 8.56. The molecule has 0 atom stereocenters. The van der Waals surface area contributed by atoms with Gasteiger partial charge in [-0.2, -0.15) is 5.10 Å². The summed E-state index contributed by atoms with van der Waals surface area (Å²) >= 11 is 0. The van der Waals surface area contributed by atoms with E-state index >= 15 is 0 Å². The van der Waals surface area contributed by atoms with E-state index in [-0.39, 0.29) is 12.1 Å². The highest BCUT2D eigenvalue weighted by atomic mass is 16.6. The summed E-state index contributed by atoms with van der Waals surface area (Å²) in [6, 6.07) is 7.69. The largest absolute Gasteiger partial charge is 0.491 e. The van der Waals surface area contributed by atoms with Gasteiger partial charge in [0.2, 0.25) is 0 Å². The highest BCUT2D eigenvalue weighted by Crippen LogP contribution is 2.33. The third kappa shape index (κ3) is 6.84. The summed E-state index contributed by atoms with van der Waals surface area (Å²) < 4.78 is 23.6. The van der Waals surface area contributed by atoms with Crippen molar-refractivity contribution in [3.05, 3.63) is 30.6 Å². The van der Waals surface area contributed by atoms with E-state index < -0.39 is 0 Å². The van der Waals surface area contributed by atoms with Crippen LogP contribution >= 0.6 is 0 Å². The van der Waals surface area contributed by atoms with Gasteiger partial charge in [-0.05, 0) is 45.0 Å². The van der Waals surface area contributed by atoms with Crippen LogP contribution in [0.25, 0.3) is 22.3 Å². The average Bonchev–Trinajstić information content (AvgIpc) is 3.19. The van der Waals surface area contributed by atoms with Crippen LogP contribution in [-0.4, -0.2) is 77.7 Å². The summed E-state index contributed by atoms with van der Waals surface area (Å²) in [5.41, 5.74) is 8.28. The fraction of sp³-hybridized carbons (Fsp3) is 0.522. The molecule has 0 fully saturated rings. The van der Waals surface area contributed by atoms with Crippen molar-refractivity contribution in [2.45, 2.75) is 26.3 Å². The molecule has 0 unspecified atom stereocenters. The van der Waals surface area contributed by atoms with Crippen LogP contribution in [0.5, 0.6) is 5.75 Å². The van der Waals surface area contributed by atoms with Gasteiger partial charge in [-0.3, -0.25) is 0 Å². The van der Waals surface area contributed by atoms with Crippen LogP contribution in [0.2, 0.25) is 0 Å². The molecule has 10 nitrogen and oxygen atoms in total. The lowest BCUT2D eigenvalue weighted by atomic mass is 10.1. The van der Waals surface area contributed by atoms with Crippen molar-refractivity contribution in [1.29, 1.82) is 0 Å². The molecule has 2 heterocycles. The van der Waals surface area contributed by atoms with E-state index in [4.69, 9.17) is 34.9 Å². The van der Waals surface area contributed by atoms with E-state index in [0.717, 1.165) is 22.4 Å². The molecule has 0 amide bonds. The molecule has 3 rings (SSSR count). The Morgan fingerprint density at radius 1 is 0.879 bits per heavy atom. The number of nitrogens with two attached hydrogens (primary N) is 1. The first-order valence-electron chi connectivity index (χ1n) is 11.0. The highest BCUT2D eigenvalue weighted by molar-refractivity contribution is 5.98. The fourth-order valence-electron chi connectivity index (χ4n) is 3.18. The quantitative estimate of drug-likeness (QED) is 0.370. The molecule has 1 aromatic carbocycles. The first-order valence-corrected chi connectivity index (χ1v) is 11.0. The minimum atomic E-state index is -0.251. The monoisotopic (exact) mass is 459 g/mol. The van der Waals surface area contributed by atoms with Crippen molar-refractivity contribution in [1.82, 2.24) is 19.7 Å². The first-order chi connectivity index (χ1) is 15.9. The van der Waals surface area contributed by atoms with Gasteiger partial charge in [-0.25, -0.2) is 14.6 Å². The number of hydrogen-bond donors (Lipinski definition) is 2. The van der Waals surface area contributed by atoms with Gasteiger partial charge < -0.3 is 29.8 Å². The number of aliphatic hydroxyl groups is 1. The Morgan fingerprint density at radius 2 is 1.48 bits per heavy atom. The number of ether oxygens (including phenoxy) is 4. The van der Waals surface area contributed by atoms with Gasteiger partial charge in [0, 0.05) is 5.56 Å². The van der Waals surface area contributed by atoms with Crippen LogP contribution in [0.3, 0.4) is 0 Å². The molecule has 0 aliphatic rings. The Kier molecular flexibility index (Phi) is 8.95. The lowest BCUT2D eigenvalue weighted by Gasteiger charge is -2.19. The van der Waals surface area contributed by atoms with Crippen molar-refractivity contribution in [2.75, 3.05) is 58.6 Å². The molecule has 0 spiro atoms. The summed E-state index contributed by atoms with van der Waals surface area (Å²) in [7, 11) is 0. The zero-order valence-electron chi connectivity index (χ0n) is 19.5. The average molecular weight is 460 g/mol. The number of fused-ring (bicyclic) bond motifs is 1. The maximum absolute atomic E-state index is 8.60. The normalized spacial score (nSPS) is 11.9. The van der Waals surface area contributed by atoms with Crippen LogP contribution in [-0.2, 0) is 19.7 Å². The molecule has 0 aliphatic carbocycles. The Balaban J connectivity index is 1.50. The van der Waals surface area contributed by atoms with E-state index in [0.29, 0.717) is 57.7 Å². The van der Waals surface area contributed by atoms with Gasteiger partial charge in [0.1, 0.15) is 30.2 Å². The van der Waals surface area contributed by atoms with E-state index in [9.17, 15) is 0 Å². The summed E-state index contributed by atoms with van der Waals surface area (Å²) in [6.07, 6.45) is 1.46. The molecule has 0 bridgehead atoms. The van der Waals surface area contributed by atoms with E-state index in [1.165, 1.54) is 6.33 Å². The van der Waals surface area contributed by atoms with Crippen LogP contribution < -0.4 is 10.5 Å². The van der Waals surface area contributed by atoms with Crippen LogP contribution in [0.15, 0.2) is 30.6 Å². The number of aromatic nitrogens is 4. The number of nitrogens with zero attached hydrogens (tertiary/aromatic N) is 4. The minimum Gasteiger partial charge on any atom is -0.491 e. The third-order valence-electron chi connectivity index (χ3n) is 4.73. The maximum atomic E-state index is 8.60. The smallest absolute Gasteiger partial charge is 0.164 e. The zero-order chi connectivity index (χ0) is 23.7. The van der Waals surface area contributed by atoms with Crippen LogP contribution in [0.4, 0.5) is 5.82 Å². The summed E-state index contributed by atoms with van der Waals surface area (Å²) in [5, 5.41) is 14.1. The molecular formula is C23H33N5O5. The molecule has 0 saturated heterocycles. The minimum absolute atomic E-state index is 0.0218. The van der Waals surface area contributed by atoms with Gasteiger partial charge in [0.15, 0.2) is 5.65 Å². The molecule has 3 aromatic rings. The topological polar surface area (TPSA) is 127 Å². The van der Waals surface area contributed by atoms with Crippen molar-refractivity contribution >= 4 is 16.9 Å². The van der Waals surface area contributed by atoms with Gasteiger partial charge in [-0.1, -0.05) is 0 Å². The van der Waals surface area contributed by atoms with Crippen LogP contribution in [0.1, 0.15) is 20.8 Å². The van der Waals surface area contributed by atoms with Gasteiger partial charge in [-0.15, -0.1) is 0 Å². The Hall–Kier alpha value is -2.79. The number of hydrogen-bond acceptors (Lipinski definition) is 9. The lowest BCUT2D eigenvalue weighted by Crippen LogP contribution is -2.23. The fourth-order valence-corrected chi connectivity index (χ4v) is 3.18. The Morgan fingerprint density at radius 3 is 2.09 bits per heavy atom. The number of anilines is 1. The highest BCUT2D eigenvalue weighted by Gasteiger charge is 2.23. The molecule has 3 N–H and O–H groups in total. The zero-order valence-corrected chi connectivity index (χ0v) is 19.5. The Bertz CT molecular complexity index is 1000. The Labute approximate surface area is 193 Å². The molecule has 2 aromatic heterocycles. The molecule has 0 radical (unpaired) electrons. The second-order valence-corrected chi connectivity index (χ2v) is 8.32. The van der Waals surface area contributed by atoms with Crippen molar-refractivity contribution in [3.63, 3.8) is 0 Å². The predicted octanol–water partition coefficient (Wildman–Crippen LogP) is 2.25. The van der Waals surface area contributed by atoms with Gasteiger partial charge >= 0.3 is 0 Å². The van der Waals surface area contributed by atoms with Gasteiger partial charge in [0.05, 0.1) is 57.2 Å². The second kappa shape index (κ2) is 11.9. The standard InChI is InChI=1S/C23H33N5O5/c1-23(2,3)28-22-19(21(24)25-16-26-22)20(27-28)17-4-6-18(7-5-17)33-15-14-32-13-12-31-11-10-30-9-8-29/h4-7,16,29H,8-15H2,1-3H3,(H2,24,25,26). The van der Waals surface area contributed by atoms with Gasteiger partial charge in [0.25, 0.3) is 0 Å². The van der Waals surface area contributed by atoms with E-state index in [2.05, 4.69) is 30.7 Å². The number of nitrogen functional groups attached to an aromatic ring is 1. The molecule has 33 heavy (non-hydrogen) atoms. The molecule has 0 aliphatic heterocycles. The van der Waals surface area contributed by atoms with E-state index in [1.54, 1.807) is 0 Å². The summed E-state index contributed by atoms with van der Waals surface area (Å²) in [6.45, 7) is 9.36. The predicted molar refractivity (Wildman–Crippen MR) is 125 cm³/mol. The van der Waals surface area contributed by atoms with Crippen molar-refractivity contribution in [2.24, 2.45) is 0 Å². The maximum Gasteiger partial charge on any atom is 0.164 e. The first kappa shape index (κ1) is 24.8. The summed E-state index contributed by atoms with van der Waals surface area (Å²) in [5.74, 6) is 1.15. The number of aliphatic hydroxyl groups excluding tert-OH is 1. The third-order valence-corrected chi connectivity index (χ3v) is 4.73. The molecular weight excluding hydrogens is 426 g/mol. The van der Waals surface area contributed by atoms with Crippen LogP contribution in [0, 0.1) is 0 Å². The van der Waals surface area contributed by atoms with Crippen molar-refractivity contribution in [3.8, 4) is 17.0 Å². The SMILES string of the molecule is CC(C)(C)n1nc(-c2ccc(OCCOCCOCCOCCO)cc2)c2c(N)ncnc21.